The first-order valence-corrected chi connectivity index (χ1v) is 6.19. The zero-order chi connectivity index (χ0) is 13.1. The molecule has 2 atom stereocenters. The number of aliphatic hydroxyl groups excluding tert-OH is 1. The van der Waals surface area contributed by atoms with Gasteiger partial charge in [0, 0.05) is 25.8 Å². The van der Waals surface area contributed by atoms with E-state index < -0.39 is 6.10 Å². The molecule has 0 saturated carbocycles. The van der Waals surface area contributed by atoms with Crippen LogP contribution in [0.2, 0.25) is 0 Å². The zero-order valence-corrected chi connectivity index (χ0v) is 11.2. The molecule has 5 nitrogen and oxygen atoms in total. The number of rotatable bonds is 3. The van der Waals surface area contributed by atoms with E-state index in [-0.39, 0.29) is 6.04 Å². The highest BCUT2D eigenvalue weighted by molar-refractivity contribution is 5.29. The van der Waals surface area contributed by atoms with Crippen LogP contribution in [0.25, 0.3) is 0 Å². The van der Waals surface area contributed by atoms with Crippen LogP contribution in [0.4, 0.5) is 0 Å². The van der Waals surface area contributed by atoms with Crippen molar-refractivity contribution in [1.29, 1.82) is 0 Å². The summed E-state index contributed by atoms with van der Waals surface area (Å²) in [5, 5.41) is 10.5. The maximum atomic E-state index is 10.5. The zero-order valence-electron chi connectivity index (χ0n) is 11.2. The van der Waals surface area contributed by atoms with Crippen molar-refractivity contribution in [1.82, 2.24) is 14.8 Å². The Labute approximate surface area is 108 Å². The molecular formula is C13H21N3O2. The second-order valence-corrected chi connectivity index (χ2v) is 4.85. The highest BCUT2D eigenvalue weighted by atomic mass is 16.5. The predicted octanol–water partition coefficient (Wildman–Crippen LogP) is 0.369. The van der Waals surface area contributed by atoms with Gasteiger partial charge in [0.05, 0.1) is 13.2 Å². The topological polar surface area (TPSA) is 48.8 Å². The molecule has 0 aromatic carbocycles. The molecule has 1 saturated heterocycles. The number of piperazine rings is 1. The lowest BCUT2D eigenvalue weighted by molar-refractivity contribution is 0.0106. The minimum absolute atomic E-state index is 0.0487. The molecule has 0 amide bonds. The molecular weight excluding hydrogens is 230 g/mol. The quantitative estimate of drug-likeness (QED) is 0.841. The van der Waals surface area contributed by atoms with E-state index in [0.29, 0.717) is 11.4 Å². The number of methoxy groups -OCH3 is 1. The Morgan fingerprint density at radius 3 is 2.94 bits per heavy atom. The summed E-state index contributed by atoms with van der Waals surface area (Å²) in [7, 11) is 5.71. The monoisotopic (exact) mass is 251 g/mol. The van der Waals surface area contributed by atoms with Gasteiger partial charge in [0.1, 0.15) is 17.5 Å². The largest absolute Gasteiger partial charge is 0.495 e. The van der Waals surface area contributed by atoms with Gasteiger partial charge in [0.25, 0.3) is 0 Å². The van der Waals surface area contributed by atoms with Crippen molar-refractivity contribution in [2.24, 2.45) is 0 Å². The molecule has 2 heterocycles. The summed E-state index contributed by atoms with van der Waals surface area (Å²) in [6.45, 7) is 2.81. The number of pyridine rings is 1. The van der Waals surface area contributed by atoms with Crippen molar-refractivity contribution in [3.05, 3.63) is 24.0 Å². The van der Waals surface area contributed by atoms with E-state index in [1.807, 2.05) is 19.2 Å². The molecule has 1 aromatic rings. The Kier molecular flexibility index (Phi) is 4.16. The average Bonchev–Trinajstić information content (AvgIpc) is 2.40. The van der Waals surface area contributed by atoms with Gasteiger partial charge in [0.15, 0.2) is 0 Å². The van der Waals surface area contributed by atoms with Gasteiger partial charge in [-0.3, -0.25) is 9.88 Å². The Hall–Kier alpha value is -1.17. The number of nitrogens with zero attached hydrogens (tertiary/aromatic N) is 3. The molecule has 2 unspecified atom stereocenters. The van der Waals surface area contributed by atoms with Gasteiger partial charge in [0.2, 0.25) is 0 Å². The second-order valence-electron chi connectivity index (χ2n) is 4.85. The third-order valence-electron chi connectivity index (χ3n) is 3.56. The third kappa shape index (κ3) is 2.63. The van der Waals surface area contributed by atoms with E-state index in [1.54, 1.807) is 13.3 Å². The van der Waals surface area contributed by atoms with Crippen molar-refractivity contribution in [3.8, 4) is 5.75 Å². The first kappa shape index (κ1) is 13.3. The lowest BCUT2D eigenvalue weighted by Gasteiger charge is -2.40. The van der Waals surface area contributed by atoms with E-state index in [0.717, 1.165) is 19.6 Å². The first-order valence-electron chi connectivity index (χ1n) is 6.19. The molecule has 2 rings (SSSR count). The van der Waals surface area contributed by atoms with Crippen LogP contribution in [0.3, 0.4) is 0 Å². The second kappa shape index (κ2) is 5.65. The lowest BCUT2D eigenvalue weighted by Crippen LogP contribution is -2.52. The number of ether oxygens (including phenoxy) is 1. The number of hydrogen-bond donors (Lipinski definition) is 1. The van der Waals surface area contributed by atoms with Gasteiger partial charge in [-0.25, -0.2) is 0 Å². The molecule has 5 heteroatoms. The van der Waals surface area contributed by atoms with Crippen LogP contribution < -0.4 is 4.74 Å². The van der Waals surface area contributed by atoms with Crippen LogP contribution >= 0.6 is 0 Å². The minimum atomic E-state index is -0.631. The first-order chi connectivity index (χ1) is 8.63. The van der Waals surface area contributed by atoms with Crippen LogP contribution in [-0.4, -0.2) is 66.8 Å². The summed E-state index contributed by atoms with van der Waals surface area (Å²) < 4.78 is 5.26. The van der Waals surface area contributed by atoms with Crippen LogP contribution in [0, 0.1) is 0 Å². The fraction of sp³-hybridized carbons (Fsp3) is 0.615. The lowest BCUT2D eigenvalue weighted by atomic mass is 10.0. The molecule has 1 aliphatic heterocycles. The fourth-order valence-electron chi connectivity index (χ4n) is 2.36. The summed E-state index contributed by atoms with van der Waals surface area (Å²) >= 11 is 0. The van der Waals surface area contributed by atoms with Crippen molar-refractivity contribution in [3.63, 3.8) is 0 Å². The number of aliphatic hydroxyl groups is 1. The summed E-state index contributed by atoms with van der Waals surface area (Å²) in [4.78, 5) is 8.67. The van der Waals surface area contributed by atoms with Crippen LogP contribution in [-0.2, 0) is 0 Å². The molecule has 1 N–H and O–H groups in total. The van der Waals surface area contributed by atoms with E-state index >= 15 is 0 Å². The molecule has 1 fully saturated rings. The summed E-state index contributed by atoms with van der Waals surface area (Å²) in [5.74, 6) is 0.645. The molecule has 0 spiro atoms. The van der Waals surface area contributed by atoms with Crippen molar-refractivity contribution >= 4 is 0 Å². The van der Waals surface area contributed by atoms with E-state index in [2.05, 4.69) is 21.8 Å². The normalized spacial score (nSPS) is 23.9. The van der Waals surface area contributed by atoms with Crippen molar-refractivity contribution in [2.45, 2.75) is 12.1 Å². The number of aromatic nitrogens is 1. The van der Waals surface area contributed by atoms with E-state index in [9.17, 15) is 5.11 Å². The highest BCUT2D eigenvalue weighted by Gasteiger charge is 2.31. The minimum Gasteiger partial charge on any atom is -0.495 e. The molecule has 0 bridgehead atoms. The van der Waals surface area contributed by atoms with Gasteiger partial charge in [-0.05, 0) is 26.2 Å². The van der Waals surface area contributed by atoms with Crippen molar-refractivity contribution < 1.29 is 9.84 Å². The number of likely N-dealkylation sites (N-methyl/N-ethyl adjacent to an activating group) is 2. The van der Waals surface area contributed by atoms with Gasteiger partial charge in [-0.1, -0.05) is 0 Å². The average molecular weight is 251 g/mol. The number of hydrogen-bond acceptors (Lipinski definition) is 5. The van der Waals surface area contributed by atoms with Crippen LogP contribution in [0.15, 0.2) is 18.3 Å². The van der Waals surface area contributed by atoms with E-state index in [1.165, 1.54) is 0 Å². The SMILES string of the molecule is COc1cccnc1C(O)C1CN(C)CCN1C. The van der Waals surface area contributed by atoms with Crippen LogP contribution in [0.5, 0.6) is 5.75 Å². The molecule has 18 heavy (non-hydrogen) atoms. The third-order valence-corrected chi connectivity index (χ3v) is 3.56. The Bertz CT molecular complexity index is 400. The molecule has 0 aliphatic carbocycles. The molecule has 1 aliphatic rings. The molecule has 0 radical (unpaired) electrons. The fourth-order valence-corrected chi connectivity index (χ4v) is 2.36. The molecule has 100 valence electrons. The summed E-state index contributed by atoms with van der Waals surface area (Å²) in [6.07, 6.45) is 1.06. The smallest absolute Gasteiger partial charge is 0.143 e. The Morgan fingerprint density at radius 1 is 1.44 bits per heavy atom. The van der Waals surface area contributed by atoms with Gasteiger partial charge in [-0.2, -0.15) is 0 Å². The maximum Gasteiger partial charge on any atom is 0.143 e. The summed E-state index contributed by atoms with van der Waals surface area (Å²) in [6, 6.07) is 3.69. The maximum absolute atomic E-state index is 10.5. The van der Waals surface area contributed by atoms with Gasteiger partial charge in [-0.15, -0.1) is 0 Å². The van der Waals surface area contributed by atoms with E-state index in [4.69, 9.17) is 4.74 Å². The highest BCUT2D eigenvalue weighted by Crippen LogP contribution is 2.28. The van der Waals surface area contributed by atoms with Gasteiger partial charge >= 0.3 is 0 Å². The van der Waals surface area contributed by atoms with Gasteiger partial charge < -0.3 is 14.7 Å². The van der Waals surface area contributed by atoms with Crippen LogP contribution in [0.1, 0.15) is 11.8 Å². The standard InChI is InChI=1S/C13H21N3O2/c1-15-7-8-16(2)10(9-15)13(17)12-11(18-3)5-4-6-14-12/h4-6,10,13,17H,7-9H2,1-3H3. The van der Waals surface area contributed by atoms with Crippen molar-refractivity contribution in [2.75, 3.05) is 40.8 Å². The molecule has 1 aromatic heterocycles. The Morgan fingerprint density at radius 2 is 2.22 bits per heavy atom. The Balaban J connectivity index is 2.21. The summed E-state index contributed by atoms with van der Waals surface area (Å²) in [5.41, 5.74) is 0.618. The predicted molar refractivity (Wildman–Crippen MR) is 69.7 cm³/mol.